The third-order valence-electron chi connectivity index (χ3n) is 0.264. The number of carbonyl (C=O) groups excluding carboxylic acids is 1. The van der Waals surface area contributed by atoms with E-state index < -0.39 is 0 Å². The van der Waals surface area contributed by atoms with Crippen LogP contribution in [0.3, 0.4) is 0 Å². The van der Waals surface area contributed by atoms with Crippen molar-refractivity contribution in [2.75, 3.05) is 0 Å². The molecule has 6 heavy (non-hydrogen) atoms. The van der Waals surface area contributed by atoms with Crippen molar-refractivity contribution < 1.29 is 4.79 Å². The molecule has 0 heterocycles. The molecule has 0 aromatic heterocycles. The van der Waals surface area contributed by atoms with Crippen LogP contribution >= 0.6 is 0 Å². The number of hydrazine groups is 1. The van der Waals surface area contributed by atoms with Crippen LogP contribution in [0.5, 0.6) is 0 Å². The van der Waals surface area contributed by atoms with E-state index in [2.05, 4.69) is 9.56 Å². The normalized spacial score (nSPS) is 7.50. The molecule has 0 aromatic carbocycles. The standard InChI is InChI=1S/C2H5N2O.Ga.H/c1-2(5)4-3;;/h3H,1H3,(H,4,5);;/q-1;+1;. The van der Waals surface area contributed by atoms with Crippen molar-refractivity contribution >= 4 is 24.7 Å². The van der Waals surface area contributed by atoms with Crippen molar-refractivity contribution in [1.29, 1.82) is 0 Å². The van der Waals surface area contributed by atoms with E-state index in [-0.39, 0.29) is 5.91 Å². The monoisotopic (exact) mass is 143 g/mol. The second kappa shape index (κ2) is 3.26. The number of hydrogen-bond donors (Lipinski definition) is 2. The van der Waals surface area contributed by atoms with E-state index in [9.17, 15) is 4.79 Å². The van der Waals surface area contributed by atoms with Gasteiger partial charge in [-0.1, -0.05) is 0 Å². The maximum absolute atomic E-state index is 9.89. The van der Waals surface area contributed by atoms with Gasteiger partial charge in [-0.05, 0) is 0 Å². The zero-order valence-corrected chi connectivity index (χ0v) is 6.58. The van der Waals surface area contributed by atoms with Gasteiger partial charge in [0.25, 0.3) is 0 Å². The maximum atomic E-state index is 9.89. The summed E-state index contributed by atoms with van der Waals surface area (Å²) in [5.41, 5.74) is 2.38. The van der Waals surface area contributed by atoms with E-state index in [1.54, 1.807) is 0 Å². The third-order valence-corrected chi connectivity index (χ3v) is 0.635. The Morgan fingerprint density at radius 1 is 1.83 bits per heavy atom. The molecule has 0 atom stereocenters. The van der Waals surface area contributed by atoms with Crippen LogP contribution in [0, 0.1) is 0 Å². The average molecular weight is 144 g/mol. The third kappa shape index (κ3) is 4.07. The Bertz CT molecular complexity index is 55.5. The summed E-state index contributed by atoms with van der Waals surface area (Å²) in [4.78, 5) is 9.89. The van der Waals surface area contributed by atoms with Crippen LogP contribution in [0.15, 0.2) is 0 Å². The van der Waals surface area contributed by atoms with Gasteiger partial charge in [-0.3, -0.25) is 0 Å². The summed E-state index contributed by atoms with van der Waals surface area (Å²) in [5, 5.41) is 0. The molecule has 0 spiro atoms. The first-order chi connectivity index (χ1) is 2.77. The van der Waals surface area contributed by atoms with Crippen LogP contribution in [0.4, 0.5) is 0 Å². The number of amides is 1. The Kier molecular flexibility index (Phi) is 3.30. The van der Waals surface area contributed by atoms with E-state index in [1.807, 2.05) is 0 Å². The molecular formula is C2H6GaN2O. The molecule has 0 aliphatic heterocycles. The average Bonchev–Trinajstić information content (AvgIpc) is 1.35. The van der Waals surface area contributed by atoms with Crippen molar-refractivity contribution in [3.05, 3.63) is 0 Å². The van der Waals surface area contributed by atoms with Gasteiger partial charge in [-0.2, -0.15) is 0 Å². The predicted molar refractivity (Wildman–Crippen MR) is 24.1 cm³/mol. The van der Waals surface area contributed by atoms with E-state index >= 15 is 0 Å². The summed E-state index contributed by atoms with van der Waals surface area (Å²) in [6, 6.07) is 0. The van der Waals surface area contributed by atoms with Crippen LogP contribution < -0.4 is 9.56 Å². The minimum absolute atomic E-state index is 0.0405. The van der Waals surface area contributed by atoms with Gasteiger partial charge in [0.05, 0.1) is 0 Å². The molecule has 0 unspecified atom stereocenters. The van der Waals surface area contributed by atoms with Gasteiger partial charge in [0.15, 0.2) is 0 Å². The molecule has 4 heteroatoms. The van der Waals surface area contributed by atoms with Crippen LogP contribution in [0.1, 0.15) is 6.92 Å². The zero-order chi connectivity index (χ0) is 4.99. The van der Waals surface area contributed by atoms with Gasteiger partial charge in [-0.25, -0.2) is 0 Å². The molecule has 1 radical (unpaired) electrons. The fraction of sp³-hybridized carbons (Fsp3) is 0.500. The quantitative estimate of drug-likeness (QED) is 0.345. The summed E-state index contributed by atoms with van der Waals surface area (Å²) in [6.45, 7) is 1.46. The molecule has 0 fully saturated rings. The molecule has 3 nitrogen and oxygen atoms in total. The first-order valence-electron chi connectivity index (χ1n) is 1.56. The van der Waals surface area contributed by atoms with Crippen molar-refractivity contribution in [3.63, 3.8) is 0 Å². The molecule has 33 valence electrons. The predicted octanol–water partition coefficient (Wildman–Crippen LogP) is -1.56. The van der Waals surface area contributed by atoms with Crippen molar-refractivity contribution in [3.8, 4) is 0 Å². The second-order valence-corrected chi connectivity index (χ2v) is 1.60. The van der Waals surface area contributed by atoms with Gasteiger partial charge in [0.2, 0.25) is 0 Å². The topological polar surface area (TPSA) is 41.1 Å². The summed E-state index contributed by atoms with van der Waals surface area (Å²) >= 11 is 0.888. The molecule has 0 saturated heterocycles. The second-order valence-electron chi connectivity index (χ2n) is 0.858. The fourth-order valence-corrected chi connectivity index (χ4v) is 0.647. The Morgan fingerprint density at radius 3 is 2.33 bits per heavy atom. The van der Waals surface area contributed by atoms with Gasteiger partial charge in [0.1, 0.15) is 0 Å². The molecule has 0 saturated carbocycles. The zero-order valence-electron chi connectivity index (χ0n) is 3.62. The van der Waals surface area contributed by atoms with E-state index in [4.69, 9.17) is 0 Å². The first-order valence-corrected chi connectivity index (χ1v) is 3.04. The molecule has 0 aliphatic carbocycles. The Hall–Kier alpha value is 0.0664. The SMILES string of the molecule is CC(=O)N[NH][GaH]. The van der Waals surface area contributed by atoms with Gasteiger partial charge in [-0.15, -0.1) is 0 Å². The number of hydrogen-bond acceptors (Lipinski definition) is 2. The molecular weight excluding hydrogens is 138 g/mol. The van der Waals surface area contributed by atoms with E-state index in [1.165, 1.54) is 6.92 Å². The minimum atomic E-state index is -0.0405. The molecule has 0 aromatic rings. The summed E-state index contributed by atoms with van der Waals surface area (Å²) in [6.07, 6.45) is 0. The molecule has 2 N–H and O–H groups in total. The van der Waals surface area contributed by atoms with Crippen LogP contribution in [-0.4, -0.2) is 24.7 Å². The fourth-order valence-electron chi connectivity index (χ4n) is 0.124. The number of carbonyl (C=O) groups is 1. The van der Waals surface area contributed by atoms with Crippen molar-refractivity contribution in [2.45, 2.75) is 6.92 Å². The van der Waals surface area contributed by atoms with Crippen molar-refractivity contribution in [2.24, 2.45) is 0 Å². The Morgan fingerprint density at radius 2 is 2.33 bits per heavy atom. The summed E-state index contributed by atoms with van der Waals surface area (Å²) in [7, 11) is 0. The first kappa shape index (κ1) is 6.07. The van der Waals surface area contributed by atoms with Gasteiger partial charge in [0, 0.05) is 0 Å². The van der Waals surface area contributed by atoms with Gasteiger partial charge >= 0.3 is 46.0 Å². The molecule has 1 amide bonds. The number of rotatable bonds is 1. The van der Waals surface area contributed by atoms with E-state index in [0.29, 0.717) is 0 Å². The summed E-state index contributed by atoms with van der Waals surface area (Å²) < 4.78 is 2.59. The van der Waals surface area contributed by atoms with Crippen LogP contribution in [-0.2, 0) is 4.79 Å². The van der Waals surface area contributed by atoms with Crippen LogP contribution in [0.25, 0.3) is 0 Å². The summed E-state index contributed by atoms with van der Waals surface area (Å²) in [5.74, 6) is -0.0405. The van der Waals surface area contributed by atoms with Gasteiger partial charge < -0.3 is 0 Å². The van der Waals surface area contributed by atoms with Crippen LogP contribution in [0.2, 0.25) is 0 Å². The van der Waals surface area contributed by atoms with Crippen molar-refractivity contribution in [1.82, 2.24) is 9.56 Å². The molecule has 0 bridgehead atoms. The molecule has 0 rings (SSSR count). The number of nitrogens with one attached hydrogen (secondary N) is 2. The Balaban J connectivity index is 2.83. The van der Waals surface area contributed by atoms with E-state index in [0.717, 1.165) is 18.8 Å². The Labute approximate surface area is 46.6 Å². The molecule has 0 aliphatic rings.